The first-order valence-corrected chi connectivity index (χ1v) is 10.6. The molecule has 1 amide bonds. The van der Waals surface area contributed by atoms with Crippen molar-refractivity contribution < 1.29 is 17.6 Å². The first-order valence-electron chi connectivity index (χ1n) is 9.15. The van der Waals surface area contributed by atoms with Crippen LogP contribution in [0.1, 0.15) is 31.2 Å². The van der Waals surface area contributed by atoms with Crippen LogP contribution in [-0.4, -0.2) is 50.9 Å². The fourth-order valence-electron chi connectivity index (χ4n) is 3.61. The van der Waals surface area contributed by atoms with Gasteiger partial charge in [-0.3, -0.25) is 4.79 Å². The second-order valence-electron chi connectivity index (χ2n) is 7.18. The van der Waals surface area contributed by atoms with Crippen LogP contribution in [0.5, 0.6) is 0 Å². The molecule has 2 atom stereocenters. The zero-order valence-electron chi connectivity index (χ0n) is 15.0. The molecule has 0 spiro atoms. The number of nitrogens with one attached hydrogen (secondary N) is 2. The van der Waals surface area contributed by atoms with Gasteiger partial charge in [0.1, 0.15) is 5.82 Å². The molecule has 2 unspecified atom stereocenters. The SMILES string of the molecule is Cc1cc(S(=O)(=O)N2CCCC(CNC(=O)C3CCCN3)C2)ccc1F. The molecule has 0 bridgehead atoms. The number of piperidine rings is 1. The van der Waals surface area contributed by atoms with E-state index in [-0.39, 0.29) is 22.8 Å². The second kappa shape index (κ2) is 8.02. The van der Waals surface area contributed by atoms with E-state index in [1.54, 1.807) is 6.92 Å². The van der Waals surface area contributed by atoms with Crippen molar-refractivity contribution in [2.75, 3.05) is 26.2 Å². The predicted molar refractivity (Wildman–Crippen MR) is 96.7 cm³/mol. The summed E-state index contributed by atoms with van der Waals surface area (Å²) in [5.41, 5.74) is 0.316. The van der Waals surface area contributed by atoms with Gasteiger partial charge in [-0.2, -0.15) is 4.31 Å². The second-order valence-corrected chi connectivity index (χ2v) is 9.11. The van der Waals surface area contributed by atoms with Gasteiger partial charge >= 0.3 is 0 Å². The number of hydrogen-bond acceptors (Lipinski definition) is 4. The van der Waals surface area contributed by atoms with Crippen molar-refractivity contribution in [3.05, 3.63) is 29.6 Å². The third-order valence-corrected chi connectivity index (χ3v) is 7.05. The van der Waals surface area contributed by atoms with E-state index in [1.165, 1.54) is 22.5 Å². The quantitative estimate of drug-likeness (QED) is 0.806. The smallest absolute Gasteiger partial charge is 0.243 e. The molecule has 3 rings (SSSR count). The largest absolute Gasteiger partial charge is 0.354 e. The van der Waals surface area contributed by atoms with Gasteiger partial charge in [0.05, 0.1) is 10.9 Å². The molecule has 2 aliphatic heterocycles. The lowest BCUT2D eigenvalue weighted by Gasteiger charge is -2.32. The maximum absolute atomic E-state index is 13.4. The molecule has 2 heterocycles. The lowest BCUT2D eigenvalue weighted by atomic mass is 9.99. The van der Waals surface area contributed by atoms with Gasteiger partial charge in [-0.05, 0) is 68.8 Å². The normalized spacial score (nSPS) is 24.5. The fourth-order valence-corrected chi connectivity index (χ4v) is 5.26. The summed E-state index contributed by atoms with van der Waals surface area (Å²) in [5, 5.41) is 6.11. The lowest BCUT2D eigenvalue weighted by molar-refractivity contribution is -0.123. The van der Waals surface area contributed by atoms with E-state index in [1.807, 2.05) is 0 Å². The third-order valence-electron chi connectivity index (χ3n) is 5.19. The van der Waals surface area contributed by atoms with Crippen molar-refractivity contribution in [1.82, 2.24) is 14.9 Å². The Labute approximate surface area is 154 Å². The van der Waals surface area contributed by atoms with E-state index in [4.69, 9.17) is 0 Å². The Morgan fingerprint density at radius 2 is 2.15 bits per heavy atom. The Morgan fingerprint density at radius 1 is 1.35 bits per heavy atom. The highest BCUT2D eigenvalue weighted by molar-refractivity contribution is 7.89. The molecule has 1 aromatic rings. The minimum atomic E-state index is -3.65. The van der Waals surface area contributed by atoms with Crippen LogP contribution >= 0.6 is 0 Å². The average Bonchev–Trinajstić information content (AvgIpc) is 3.17. The maximum atomic E-state index is 13.4. The minimum absolute atomic E-state index is 0.00311. The number of aryl methyl sites for hydroxylation is 1. The molecule has 2 N–H and O–H groups in total. The predicted octanol–water partition coefficient (Wildman–Crippen LogP) is 1.40. The molecule has 6 nitrogen and oxygen atoms in total. The van der Waals surface area contributed by atoms with Crippen LogP contribution in [-0.2, 0) is 14.8 Å². The van der Waals surface area contributed by atoms with E-state index < -0.39 is 15.8 Å². The van der Waals surface area contributed by atoms with Crippen molar-refractivity contribution in [3.63, 3.8) is 0 Å². The molecule has 26 heavy (non-hydrogen) atoms. The number of carbonyl (C=O) groups excluding carboxylic acids is 1. The van der Waals surface area contributed by atoms with Gasteiger partial charge in [-0.25, -0.2) is 12.8 Å². The lowest BCUT2D eigenvalue weighted by Crippen LogP contribution is -2.46. The van der Waals surface area contributed by atoms with Crippen LogP contribution in [0.2, 0.25) is 0 Å². The summed E-state index contributed by atoms with van der Waals surface area (Å²) in [6, 6.07) is 3.76. The number of sulfonamides is 1. The highest BCUT2D eigenvalue weighted by Crippen LogP contribution is 2.24. The Hall–Kier alpha value is -1.51. The molecule has 8 heteroatoms. The van der Waals surface area contributed by atoms with E-state index in [9.17, 15) is 17.6 Å². The molecule has 144 valence electrons. The molecule has 2 fully saturated rings. The molecular formula is C18H26FN3O3S. The number of hydrogen-bond donors (Lipinski definition) is 2. The number of benzene rings is 1. The standard InChI is InChI=1S/C18H26FN3O3S/c1-13-10-15(6-7-16(13)19)26(24,25)22-9-3-4-14(12-22)11-21-18(23)17-5-2-8-20-17/h6-7,10,14,17,20H,2-5,8-9,11-12H2,1H3,(H,21,23). The molecule has 2 saturated heterocycles. The fraction of sp³-hybridized carbons (Fsp3) is 0.611. The maximum Gasteiger partial charge on any atom is 0.243 e. The summed E-state index contributed by atoms with van der Waals surface area (Å²) in [7, 11) is -3.65. The first kappa shape index (κ1) is 19.3. The van der Waals surface area contributed by atoms with Gasteiger partial charge in [-0.1, -0.05) is 0 Å². The summed E-state index contributed by atoms with van der Waals surface area (Å²) in [6.45, 7) is 3.72. The first-order chi connectivity index (χ1) is 12.4. The summed E-state index contributed by atoms with van der Waals surface area (Å²) >= 11 is 0. The van der Waals surface area contributed by atoms with Crippen LogP contribution in [0.15, 0.2) is 23.1 Å². The molecule has 0 aromatic heterocycles. The summed E-state index contributed by atoms with van der Waals surface area (Å²) in [5.74, 6) is -0.328. The molecule has 0 saturated carbocycles. The third kappa shape index (κ3) is 4.24. The van der Waals surface area contributed by atoms with Crippen molar-refractivity contribution in [1.29, 1.82) is 0 Å². The highest BCUT2D eigenvalue weighted by atomic mass is 32.2. The van der Waals surface area contributed by atoms with E-state index >= 15 is 0 Å². The topological polar surface area (TPSA) is 78.5 Å². The number of nitrogens with zero attached hydrogens (tertiary/aromatic N) is 1. The van der Waals surface area contributed by atoms with Crippen molar-refractivity contribution >= 4 is 15.9 Å². The highest BCUT2D eigenvalue weighted by Gasteiger charge is 2.31. The summed E-state index contributed by atoms with van der Waals surface area (Å²) in [6.07, 6.45) is 3.49. The van der Waals surface area contributed by atoms with Gasteiger partial charge < -0.3 is 10.6 Å². The summed E-state index contributed by atoms with van der Waals surface area (Å²) in [4.78, 5) is 12.2. The van der Waals surface area contributed by atoms with Crippen LogP contribution < -0.4 is 10.6 Å². The Bertz CT molecular complexity index is 763. The Kier molecular flexibility index (Phi) is 5.94. The van der Waals surface area contributed by atoms with Gasteiger partial charge in [0.25, 0.3) is 0 Å². The van der Waals surface area contributed by atoms with Crippen molar-refractivity contribution in [3.8, 4) is 0 Å². The van der Waals surface area contributed by atoms with Crippen LogP contribution in [0, 0.1) is 18.7 Å². The zero-order valence-corrected chi connectivity index (χ0v) is 15.8. The van der Waals surface area contributed by atoms with Crippen LogP contribution in [0.25, 0.3) is 0 Å². The van der Waals surface area contributed by atoms with E-state index in [0.29, 0.717) is 25.2 Å². The van der Waals surface area contributed by atoms with Crippen molar-refractivity contribution in [2.45, 2.75) is 43.5 Å². The summed E-state index contributed by atoms with van der Waals surface area (Å²) < 4.78 is 40.6. The molecule has 0 aliphatic carbocycles. The minimum Gasteiger partial charge on any atom is -0.354 e. The molecule has 0 radical (unpaired) electrons. The molecular weight excluding hydrogens is 357 g/mol. The molecule has 2 aliphatic rings. The van der Waals surface area contributed by atoms with Crippen LogP contribution in [0.4, 0.5) is 4.39 Å². The zero-order chi connectivity index (χ0) is 18.7. The van der Waals surface area contributed by atoms with Crippen molar-refractivity contribution in [2.24, 2.45) is 5.92 Å². The number of carbonyl (C=O) groups is 1. The van der Waals surface area contributed by atoms with Gasteiger partial charge in [-0.15, -0.1) is 0 Å². The average molecular weight is 383 g/mol. The van der Waals surface area contributed by atoms with E-state index in [2.05, 4.69) is 10.6 Å². The number of rotatable bonds is 5. The monoisotopic (exact) mass is 383 g/mol. The van der Waals surface area contributed by atoms with Gasteiger partial charge in [0, 0.05) is 19.6 Å². The van der Waals surface area contributed by atoms with Gasteiger partial charge in [0.2, 0.25) is 15.9 Å². The van der Waals surface area contributed by atoms with E-state index in [0.717, 1.165) is 32.2 Å². The Morgan fingerprint density at radius 3 is 2.85 bits per heavy atom. The van der Waals surface area contributed by atoms with Gasteiger partial charge in [0.15, 0.2) is 0 Å². The van der Waals surface area contributed by atoms with Crippen LogP contribution in [0.3, 0.4) is 0 Å². The number of halogens is 1. The molecule has 1 aromatic carbocycles. The number of amides is 1. The Balaban J connectivity index is 1.61.